The predicted octanol–water partition coefficient (Wildman–Crippen LogP) is 4.34. The van der Waals surface area contributed by atoms with Gasteiger partial charge in [-0.05, 0) is 24.1 Å². The first-order valence-corrected chi connectivity index (χ1v) is 8.76. The molecule has 0 bridgehead atoms. The Hall–Kier alpha value is -2.26. The lowest BCUT2D eigenvalue weighted by molar-refractivity contribution is 0.218. The smallest absolute Gasteiger partial charge is 0.134 e. The van der Waals surface area contributed by atoms with E-state index in [1.807, 2.05) is 18.2 Å². The Morgan fingerprint density at radius 1 is 1.08 bits per heavy atom. The second kappa shape index (κ2) is 6.70. The van der Waals surface area contributed by atoms with Crippen LogP contribution in [0.1, 0.15) is 23.8 Å². The van der Waals surface area contributed by atoms with Crippen molar-refractivity contribution in [2.75, 3.05) is 13.2 Å². The molecule has 1 N–H and O–H groups in total. The largest absolute Gasteiger partial charge is 0.493 e. The Morgan fingerprint density at radius 2 is 1.92 bits per heavy atom. The number of furan rings is 1. The van der Waals surface area contributed by atoms with Crippen molar-refractivity contribution in [1.82, 2.24) is 5.32 Å². The van der Waals surface area contributed by atoms with Crippen molar-refractivity contribution in [3.05, 3.63) is 65.4 Å². The first-order valence-electron chi connectivity index (χ1n) is 8.76. The van der Waals surface area contributed by atoms with E-state index in [0.29, 0.717) is 5.92 Å². The van der Waals surface area contributed by atoms with Gasteiger partial charge in [-0.15, -0.1) is 0 Å². The molecule has 0 spiro atoms. The molecule has 3 nitrogen and oxygen atoms in total. The molecule has 1 aliphatic rings. The average Bonchev–Trinajstić information content (AvgIpc) is 2.99. The van der Waals surface area contributed by atoms with E-state index < -0.39 is 0 Å². The molecule has 2 aromatic carbocycles. The Morgan fingerprint density at radius 3 is 2.83 bits per heavy atom. The standard InChI is InChI=1S/C21H23NO2/c1-2-19-18(17-8-4-6-10-21(17)24-19)13-22-12-15-11-16-7-3-5-9-20(16)23-14-15/h3-10,15,22H,2,11-14H2,1H3. The molecular formula is C21H23NO2. The zero-order chi connectivity index (χ0) is 16.4. The van der Waals surface area contributed by atoms with Crippen molar-refractivity contribution in [2.24, 2.45) is 5.92 Å². The summed E-state index contributed by atoms with van der Waals surface area (Å²) in [6.45, 7) is 4.74. The minimum atomic E-state index is 0.517. The predicted molar refractivity (Wildman–Crippen MR) is 96.4 cm³/mol. The van der Waals surface area contributed by atoms with Crippen molar-refractivity contribution in [3.63, 3.8) is 0 Å². The first kappa shape index (κ1) is 15.3. The van der Waals surface area contributed by atoms with Crippen LogP contribution < -0.4 is 10.1 Å². The molecule has 1 atom stereocenters. The van der Waals surface area contributed by atoms with Gasteiger partial charge in [-0.1, -0.05) is 43.3 Å². The Kier molecular flexibility index (Phi) is 4.26. The van der Waals surface area contributed by atoms with E-state index in [4.69, 9.17) is 9.15 Å². The van der Waals surface area contributed by atoms with Crippen molar-refractivity contribution in [1.29, 1.82) is 0 Å². The summed E-state index contributed by atoms with van der Waals surface area (Å²) in [6.07, 6.45) is 2.00. The van der Waals surface area contributed by atoms with Crippen LogP contribution in [0.25, 0.3) is 11.0 Å². The second-order valence-electron chi connectivity index (χ2n) is 6.47. The molecule has 1 aliphatic heterocycles. The molecule has 4 rings (SSSR count). The van der Waals surface area contributed by atoms with Gasteiger partial charge in [-0.25, -0.2) is 0 Å². The highest BCUT2D eigenvalue weighted by Crippen LogP contribution is 2.28. The van der Waals surface area contributed by atoms with Crippen LogP contribution in [-0.2, 0) is 19.4 Å². The van der Waals surface area contributed by atoms with E-state index >= 15 is 0 Å². The van der Waals surface area contributed by atoms with Crippen LogP contribution in [0.4, 0.5) is 0 Å². The Bertz CT molecular complexity index is 837. The van der Waals surface area contributed by atoms with Gasteiger partial charge in [0.25, 0.3) is 0 Å². The lowest BCUT2D eigenvalue weighted by Gasteiger charge is -2.25. The van der Waals surface area contributed by atoms with Crippen molar-refractivity contribution < 1.29 is 9.15 Å². The van der Waals surface area contributed by atoms with Gasteiger partial charge in [0, 0.05) is 36.4 Å². The maximum atomic E-state index is 5.97. The second-order valence-corrected chi connectivity index (χ2v) is 6.47. The minimum Gasteiger partial charge on any atom is -0.493 e. The van der Waals surface area contributed by atoms with E-state index in [2.05, 4.69) is 42.6 Å². The van der Waals surface area contributed by atoms with Gasteiger partial charge in [0.2, 0.25) is 0 Å². The third-order valence-electron chi connectivity index (χ3n) is 4.79. The normalized spacial score (nSPS) is 16.8. The van der Waals surface area contributed by atoms with Crippen LogP contribution in [0.5, 0.6) is 5.75 Å². The maximum Gasteiger partial charge on any atom is 0.134 e. The van der Waals surface area contributed by atoms with Crippen LogP contribution in [0, 0.1) is 5.92 Å². The maximum absolute atomic E-state index is 5.97. The molecular weight excluding hydrogens is 298 g/mol. The molecule has 0 saturated carbocycles. The molecule has 0 saturated heterocycles. The highest BCUT2D eigenvalue weighted by Gasteiger charge is 2.19. The van der Waals surface area contributed by atoms with Gasteiger partial charge >= 0.3 is 0 Å². The van der Waals surface area contributed by atoms with E-state index in [0.717, 1.165) is 49.6 Å². The van der Waals surface area contributed by atoms with Crippen LogP contribution in [-0.4, -0.2) is 13.2 Å². The number of rotatable bonds is 5. The van der Waals surface area contributed by atoms with Gasteiger partial charge in [-0.2, -0.15) is 0 Å². The summed E-state index contributed by atoms with van der Waals surface area (Å²) in [5.41, 5.74) is 3.60. The first-order chi connectivity index (χ1) is 11.8. The number of fused-ring (bicyclic) bond motifs is 2. The van der Waals surface area contributed by atoms with Gasteiger partial charge in [-0.3, -0.25) is 0 Å². The fourth-order valence-electron chi connectivity index (χ4n) is 3.55. The average molecular weight is 321 g/mol. The lowest BCUT2D eigenvalue weighted by Crippen LogP contribution is -2.31. The highest BCUT2D eigenvalue weighted by molar-refractivity contribution is 5.82. The third-order valence-corrected chi connectivity index (χ3v) is 4.79. The van der Waals surface area contributed by atoms with Crippen molar-refractivity contribution >= 4 is 11.0 Å². The van der Waals surface area contributed by atoms with Gasteiger partial charge in [0.05, 0.1) is 6.61 Å². The molecule has 2 heterocycles. The number of para-hydroxylation sites is 2. The van der Waals surface area contributed by atoms with E-state index in [1.54, 1.807) is 0 Å². The quantitative estimate of drug-likeness (QED) is 0.759. The third kappa shape index (κ3) is 2.92. The highest BCUT2D eigenvalue weighted by atomic mass is 16.5. The topological polar surface area (TPSA) is 34.4 Å². The zero-order valence-corrected chi connectivity index (χ0v) is 14.0. The fourth-order valence-corrected chi connectivity index (χ4v) is 3.55. The molecule has 3 aromatic rings. The van der Waals surface area contributed by atoms with Gasteiger partial charge in [0.15, 0.2) is 0 Å². The van der Waals surface area contributed by atoms with Gasteiger partial charge in [0.1, 0.15) is 17.1 Å². The minimum absolute atomic E-state index is 0.517. The molecule has 0 radical (unpaired) electrons. The summed E-state index contributed by atoms with van der Waals surface area (Å²) < 4.78 is 11.9. The summed E-state index contributed by atoms with van der Waals surface area (Å²) in [6, 6.07) is 16.6. The number of nitrogens with one attached hydrogen (secondary N) is 1. The SMILES string of the molecule is CCc1oc2ccccc2c1CNCC1COc2ccccc2C1. The molecule has 1 aromatic heterocycles. The zero-order valence-electron chi connectivity index (χ0n) is 14.0. The number of benzene rings is 2. The van der Waals surface area contributed by atoms with Crippen LogP contribution in [0.3, 0.4) is 0 Å². The molecule has 24 heavy (non-hydrogen) atoms. The monoisotopic (exact) mass is 321 g/mol. The Balaban J connectivity index is 1.42. The van der Waals surface area contributed by atoms with Crippen LogP contribution in [0.2, 0.25) is 0 Å². The summed E-state index contributed by atoms with van der Waals surface area (Å²) in [5, 5.41) is 4.84. The van der Waals surface area contributed by atoms with Crippen LogP contribution in [0.15, 0.2) is 52.9 Å². The summed E-state index contributed by atoms with van der Waals surface area (Å²) >= 11 is 0. The van der Waals surface area contributed by atoms with Crippen LogP contribution >= 0.6 is 0 Å². The number of hydrogen-bond acceptors (Lipinski definition) is 3. The number of ether oxygens (including phenoxy) is 1. The van der Waals surface area contributed by atoms with Gasteiger partial charge < -0.3 is 14.5 Å². The summed E-state index contributed by atoms with van der Waals surface area (Å²) in [4.78, 5) is 0. The van der Waals surface area contributed by atoms with E-state index in [1.165, 1.54) is 16.5 Å². The number of aryl methyl sites for hydroxylation is 1. The van der Waals surface area contributed by atoms with Crippen molar-refractivity contribution in [3.8, 4) is 5.75 Å². The molecule has 124 valence electrons. The summed E-state index contributed by atoms with van der Waals surface area (Å²) in [5.74, 6) is 2.65. The Labute approximate surface area is 142 Å². The van der Waals surface area contributed by atoms with Crippen molar-refractivity contribution in [2.45, 2.75) is 26.3 Å². The lowest BCUT2D eigenvalue weighted by atomic mass is 9.96. The molecule has 1 unspecified atom stereocenters. The molecule has 0 fully saturated rings. The van der Waals surface area contributed by atoms with E-state index in [-0.39, 0.29) is 0 Å². The molecule has 0 amide bonds. The molecule has 0 aliphatic carbocycles. The van der Waals surface area contributed by atoms with E-state index in [9.17, 15) is 0 Å². The number of hydrogen-bond donors (Lipinski definition) is 1. The fraction of sp³-hybridized carbons (Fsp3) is 0.333. The molecule has 3 heteroatoms. The summed E-state index contributed by atoms with van der Waals surface area (Å²) in [7, 11) is 0.